The summed E-state index contributed by atoms with van der Waals surface area (Å²) in [5, 5.41) is 2.13. The average molecular weight is 302 g/mol. The number of aliphatic imine (C=N–C) groups is 1. The fraction of sp³-hybridized carbons (Fsp3) is 0.133. The Morgan fingerprint density at radius 3 is 3.10 bits per heavy atom. The molecule has 20 heavy (non-hydrogen) atoms. The van der Waals surface area contributed by atoms with Crippen LogP contribution in [0.5, 0.6) is 0 Å². The van der Waals surface area contributed by atoms with E-state index < -0.39 is 0 Å². The maximum atomic E-state index is 13.3. The average Bonchev–Trinajstić information content (AvgIpc) is 3.09. The van der Waals surface area contributed by atoms with Crippen molar-refractivity contribution in [1.29, 1.82) is 0 Å². The van der Waals surface area contributed by atoms with Gasteiger partial charge in [0.2, 0.25) is 0 Å². The molecule has 4 rings (SSSR count). The Morgan fingerprint density at radius 1 is 1.35 bits per heavy atom. The van der Waals surface area contributed by atoms with Crippen molar-refractivity contribution >= 4 is 44.0 Å². The summed E-state index contributed by atoms with van der Waals surface area (Å²) in [6.45, 7) is 5.66. The molecule has 0 spiro atoms. The minimum atomic E-state index is -0.187. The fourth-order valence-electron chi connectivity index (χ4n) is 2.52. The first-order chi connectivity index (χ1) is 9.76. The lowest BCUT2D eigenvalue weighted by Crippen LogP contribution is -2.19. The number of thioether (sulfide) groups is 1. The van der Waals surface area contributed by atoms with Crippen molar-refractivity contribution in [2.75, 3.05) is 13.1 Å². The molecule has 0 unspecified atom stereocenters. The van der Waals surface area contributed by atoms with E-state index in [1.807, 2.05) is 12.1 Å². The number of fused-ring (bicyclic) bond motifs is 2. The van der Waals surface area contributed by atoms with Gasteiger partial charge in [-0.3, -0.25) is 4.99 Å². The molecule has 0 bridgehead atoms. The van der Waals surface area contributed by atoms with E-state index in [9.17, 15) is 4.39 Å². The van der Waals surface area contributed by atoms with Gasteiger partial charge in [0.25, 0.3) is 0 Å². The van der Waals surface area contributed by atoms with Crippen molar-refractivity contribution in [3.05, 3.63) is 52.5 Å². The van der Waals surface area contributed by atoms with Crippen molar-refractivity contribution in [3.63, 3.8) is 0 Å². The van der Waals surface area contributed by atoms with E-state index in [-0.39, 0.29) is 5.82 Å². The zero-order valence-electron chi connectivity index (χ0n) is 10.6. The second-order valence-corrected chi connectivity index (χ2v) is 6.72. The number of nitrogens with zero attached hydrogens (tertiary/aromatic N) is 2. The van der Waals surface area contributed by atoms with Crippen molar-refractivity contribution in [3.8, 4) is 0 Å². The molecular weight excluding hydrogens is 291 g/mol. The van der Waals surface area contributed by atoms with Crippen LogP contribution in [0.1, 0.15) is 4.88 Å². The number of allylic oxidation sites excluding steroid dienone is 1. The third kappa shape index (κ3) is 1.73. The SMILES string of the molecule is C=CC1=C(c2cc3ccc(F)cc3s2)N2CCN=C2S1. The highest BCUT2D eigenvalue weighted by atomic mass is 32.2. The molecular formula is C15H11FN2S2. The Balaban J connectivity index is 1.88. The lowest BCUT2D eigenvalue weighted by atomic mass is 10.2. The number of thiophene rings is 1. The summed E-state index contributed by atoms with van der Waals surface area (Å²) in [7, 11) is 0. The number of hydrogen-bond acceptors (Lipinski definition) is 4. The van der Waals surface area contributed by atoms with Crippen LogP contribution in [-0.2, 0) is 0 Å². The van der Waals surface area contributed by atoms with Crippen LogP contribution in [0.25, 0.3) is 15.8 Å². The standard InChI is InChI=1S/C15H11FN2S2/c1-2-11-14(18-6-5-17-15(18)20-11)13-7-9-3-4-10(16)8-12(9)19-13/h2-4,7-8H,1,5-6H2. The van der Waals surface area contributed by atoms with E-state index in [4.69, 9.17) is 0 Å². The van der Waals surface area contributed by atoms with E-state index in [0.29, 0.717) is 0 Å². The molecule has 2 aromatic rings. The quantitative estimate of drug-likeness (QED) is 0.821. The predicted molar refractivity (Wildman–Crippen MR) is 85.5 cm³/mol. The zero-order valence-corrected chi connectivity index (χ0v) is 12.2. The largest absolute Gasteiger partial charge is 0.317 e. The van der Waals surface area contributed by atoms with Gasteiger partial charge in [0.15, 0.2) is 5.17 Å². The first-order valence-corrected chi connectivity index (χ1v) is 7.95. The number of rotatable bonds is 2. The molecule has 0 fully saturated rings. The van der Waals surface area contributed by atoms with Crippen LogP contribution in [0.4, 0.5) is 4.39 Å². The maximum absolute atomic E-state index is 13.3. The molecule has 2 aliphatic heterocycles. The van der Waals surface area contributed by atoms with Crippen LogP contribution in [-0.4, -0.2) is 23.2 Å². The molecule has 0 amide bonds. The van der Waals surface area contributed by atoms with E-state index in [2.05, 4.69) is 22.5 Å². The van der Waals surface area contributed by atoms with Gasteiger partial charge < -0.3 is 4.90 Å². The van der Waals surface area contributed by atoms with Gasteiger partial charge in [-0.15, -0.1) is 11.3 Å². The van der Waals surface area contributed by atoms with Gasteiger partial charge in [0, 0.05) is 16.1 Å². The van der Waals surface area contributed by atoms with Crippen LogP contribution in [0, 0.1) is 5.82 Å². The van der Waals surface area contributed by atoms with Crippen LogP contribution < -0.4 is 0 Å². The second-order valence-electron chi connectivity index (χ2n) is 4.63. The predicted octanol–water partition coefficient (Wildman–Crippen LogP) is 4.31. The van der Waals surface area contributed by atoms with Crippen LogP contribution in [0.15, 0.2) is 46.8 Å². The van der Waals surface area contributed by atoms with Gasteiger partial charge in [0.05, 0.1) is 17.1 Å². The molecule has 0 saturated carbocycles. The highest BCUT2D eigenvalue weighted by molar-refractivity contribution is 8.17. The molecule has 0 radical (unpaired) electrons. The van der Waals surface area contributed by atoms with Crippen molar-refractivity contribution in [2.24, 2.45) is 4.99 Å². The van der Waals surface area contributed by atoms with Crippen molar-refractivity contribution in [1.82, 2.24) is 4.90 Å². The third-order valence-electron chi connectivity index (χ3n) is 3.41. The molecule has 1 aromatic heterocycles. The van der Waals surface area contributed by atoms with E-state index in [1.54, 1.807) is 29.2 Å². The van der Waals surface area contributed by atoms with Gasteiger partial charge >= 0.3 is 0 Å². The maximum Gasteiger partial charge on any atom is 0.168 e. The molecule has 2 aliphatic rings. The van der Waals surface area contributed by atoms with E-state index in [1.165, 1.54) is 11.8 Å². The highest BCUT2D eigenvalue weighted by Crippen LogP contribution is 2.45. The first-order valence-electron chi connectivity index (χ1n) is 6.32. The number of benzene rings is 1. The lowest BCUT2D eigenvalue weighted by molar-refractivity contribution is 0.630. The van der Waals surface area contributed by atoms with Gasteiger partial charge in [-0.25, -0.2) is 4.39 Å². The molecule has 2 nitrogen and oxygen atoms in total. The molecule has 0 atom stereocenters. The first kappa shape index (κ1) is 12.2. The molecule has 3 heterocycles. The Morgan fingerprint density at radius 2 is 2.25 bits per heavy atom. The molecule has 0 N–H and O–H groups in total. The summed E-state index contributed by atoms with van der Waals surface area (Å²) in [5.74, 6) is -0.187. The smallest absolute Gasteiger partial charge is 0.168 e. The van der Waals surface area contributed by atoms with E-state index >= 15 is 0 Å². The van der Waals surface area contributed by atoms with Crippen LogP contribution in [0.2, 0.25) is 0 Å². The number of halogens is 1. The number of hydrogen-bond donors (Lipinski definition) is 0. The van der Waals surface area contributed by atoms with Crippen LogP contribution >= 0.6 is 23.1 Å². The minimum absolute atomic E-state index is 0.187. The Hall–Kier alpha value is -1.59. The summed E-state index contributed by atoms with van der Waals surface area (Å²) in [4.78, 5) is 9.03. The van der Waals surface area contributed by atoms with Crippen LogP contribution in [0.3, 0.4) is 0 Å². The third-order valence-corrected chi connectivity index (χ3v) is 5.62. The molecule has 1 aromatic carbocycles. The van der Waals surface area contributed by atoms with Gasteiger partial charge in [-0.2, -0.15) is 0 Å². The summed E-state index contributed by atoms with van der Waals surface area (Å²) in [6.07, 6.45) is 1.88. The van der Waals surface area contributed by atoms with E-state index in [0.717, 1.165) is 38.1 Å². The molecule has 100 valence electrons. The van der Waals surface area contributed by atoms with Crippen molar-refractivity contribution < 1.29 is 4.39 Å². The summed E-state index contributed by atoms with van der Waals surface area (Å²) in [6, 6.07) is 7.06. The Kier molecular flexibility index (Phi) is 2.72. The normalized spacial score (nSPS) is 17.9. The summed E-state index contributed by atoms with van der Waals surface area (Å²) in [5.41, 5.74) is 1.17. The summed E-state index contributed by atoms with van der Waals surface area (Å²) >= 11 is 3.29. The topological polar surface area (TPSA) is 15.6 Å². The molecule has 0 saturated heterocycles. The minimum Gasteiger partial charge on any atom is -0.317 e. The molecule has 5 heteroatoms. The van der Waals surface area contributed by atoms with Gasteiger partial charge in [0.1, 0.15) is 5.82 Å². The second kappa shape index (κ2) is 4.46. The monoisotopic (exact) mass is 302 g/mol. The zero-order chi connectivity index (χ0) is 13.7. The Bertz CT molecular complexity index is 788. The van der Waals surface area contributed by atoms with Gasteiger partial charge in [-0.1, -0.05) is 18.7 Å². The molecule has 0 aliphatic carbocycles. The highest BCUT2D eigenvalue weighted by Gasteiger charge is 2.32. The summed E-state index contributed by atoms with van der Waals surface area (Å²) < 4.78 is 14.3. The fourth-order valence-corrected chi connectivity index (χ4v) is 4.78. The van der Waals surface area contributed by atoms with Gasteiger partial charge in [-0.05, 0) is 35.3 Å². The van der Waals surface area contributed by atoms with Crippen molar-refractivity contribution in [2.45, 2.75) is 0 Å². The lowest BCUT2D eigenvalue weighted by Gasteiger charge is -2.15. The number of amidine groups is 1. The Labute approximate surface area is 124 Å².